The van der Waals surface area contributed by atoms with Crippen LogP contribution >= 0.6 is 0 Å². The fourth-order valence-electron chi connectivity index (χ4n) is 2.42. The number of aromatic nitrogens is 3. The van der Waals surface area contributed by atoms with Crippen LogP contribution in [0.25, 0.3) is 0 Å². The van der Waals surface area contributed by atoms with Gasteiger partial charge in [-0.05, 0) is 50.2 Å². The molecule has 3 rings (SSSR count). The lowest BCUT2D eigenvalue weighted by atomic mass is 10.2. The van der Waals surface area contributed by atoms with E-state index in [-0.39, 0.29) is 11.8 Å². The van der Waals surface area contributed by atoms with Crippen LogP contribution in [0.4, 0.5) is 11.4 Å². The van der Waals surface area contributed by atoms with Crippen LogP contribution in [0.3, 0.4) is 0 Å². The summed E-state index contributed by atoms with van der Waals surface area (Å²) >= 11 is 0. The van der Waals surface area contributed by atoms with Crippen molar-refractivity contribution < 1.29 is 14.3 Å². The number of hydrogen-bond donors (Lipinski definition) is 2. The van der Waals surface area contributed by atoms with E-state index in [0.717, 1.165) is 0 Å². The van der Waals surface area contributed by atoms with E-state index in [0.29, 0.717) is 17.1 Å². The number of amides is 2. The number of benzene rings is 2. The van der Waals surface area contributed by atoms with Crippen LogP contribution < -0.4 is 15.4 Å². The van der Waals surface area contributed by atoms with E-state index in [9.17, 15) is 9.59 Å². The first kappa shape index (κ1) is 19.1. The van der Waals surface area contributed by atoms with Crippen LogP contribution in [0, 0.1) is 0 Å². The molecule has 2 unspecified atom stereocenters. The summed E-state index contributed by atoms with van der Waals surface area (Å²) in [6, 6.07) is 15.5. The lowest BCUT2D eigenvalue weighted by molar-refractivity contribution is -0.122. The summed E-state index contributed by atoms with van der Waals surface area (Å²) in [5.74, 6) is 0.150. The fourth-order valence-corrected chi connectivity index (χ4v) is 2.42. The zero-order valence-corrected chi connectivity index (χ0v) is 15.6. The van der Waals surface area contributed by atoms with Crippen molar-refractivity contribution in [2.75, 3.05) is 10.6 Å². The molecule has 0 spiro atoms. The summed E-state index contributed by atoms with van der Waals surface area (Å²) in [6.07, 6.45) is 2.22. The molecule has 0 aliphatic heterocycles. The number of carbonyl (C=O) groups excluding carboxylic acids is 2. The number of anilines is 2. The van der Waals surface area contributed by atoms with Crippen molar-refractivity contribution in [3.8, 4) is 5.75 Å². The quantitative estimate of drug-likeness (QED) is 0.658. The number of nitrogens with zero attached hydrogens (tertiary/aromatic N) is 3. The highest BCUT2D eigenvalue weighted by Crippen LogP contribution is 2.17. The number of hydrogen-bond acceptors (Lipinski definition) is 5. The van der Waals surface area contributed by atoms with Gasteiger partial charge in [0.15, 0.2) is 6.10 Å². The third-order valence-electron chi connectivity index (χ3n) is 4.06. The van der Waals surface area contributed by atoms with Gasteiger partial charge in [0, 0.05) is 11.4 Å². The molecule has 2 N–H and O–H groups in total. The molecular weight excluding hydrogens is 358 g/mol. The van der Waals surface area contributed by atoms with Gasteiger partial charge in [0.2, 0.25) is 5.91 Å². The third kappa shape index (κ3) is 4.94. The summed E-state index contributed by atoms with van der Waals surface area (Å²) in [5, 5.41) is 9.55. The summed E-state index contributed by atoms with van der Waals surface area (Å²) in [6.45, 7) is 3.41. The topological polar surface area (TPSA) is 98.1 Å². The van der Waals surface area contributed by atoms with E-state index in [4.69, 9.17) is 4.74 Å². The highest BCUT2D eigenvalue weighted by molar-refractivity contribution is 5.95. The van der Waals surface area contributed by atoms with E-state index >= 15 is 0 Å². The third-order valence-corrected chi connectivity index (χ3v) is 4.06. The number of para-hydroxylation sites is 1. The second kappa shape index (κ2) is 8.81. The average molecular weight is 379 g/mol. The molecule has 8 nitrogen and oxygen atoms in total. The first-order valence-electron chi connectivity index (χ1n) is 8.80. The molecule has 0 fully saturated rings. The lowest BCUT2D eigenvalue weighted by Gasteiger charge is -2.15. The van der Waals surface area contributed by atoms with Gasteiger partial charge in [0.1, 0.15) is 24.4 Å². The van der Waals surface area contributed by atoms with Crippen molar-refractivity contribution >= 4 is 23.2 Å². The van der Waals surface area contributed by atoms with Gasteiger partial charge in [-0.15, -0.1) is 0 Å². The molecule has 144 valence electrons. The Morgan fingerprint density at radius 3 is 2.11 bits per heavy atom. The second-order valence-electron chi connectivity index (χ2n) is 6.18. The van der Waals surface area contributed by atoms with Crippen LogP contribution in [-0.4, -0.2) is 32.7 Å². The Labute approximate surface area is 162 Å². The minimum Gasteiger partial charge on any atom is -0.481 e. The monoisotopic (exact) mass is 379 g/mol. The van der Waals surface area contributed by atoms with Crippen molar-refractivity contribution in [2.45, 2.75) is 26.0 Å². The fraction of sp³-hybridized carbons (Fsp3) is 0.200. The van der Waals surface area contributed by atoms with Crippen LogP contribution in [0.15, 0.2) is 67.3 Å². The number of carbonyl (C=O) groups is 2. The van der Waals surface area contributed by atoms with Gasteiger partial charge in [-0.3, -0.25) is 9.59 Å². The first-order valence-corrected chi connectivity index (χ1v) is 8.80. The molecule has 2 atom stereocenters. The van der Waals surface area contributed by atoms with Gasteiger partial charge >= 0.3 is 0 Å². The Hall–Kier alpha value is -3.68. The van der Waals surface area contributed by atoms with Crippen LogP contribution in [-0.2, 0) is 9.59 Å². The summed E-state index contributed by atoms with van der Waals surface area (Å²) < 4.78 is 7.07. The Morgan fingerprint density at radius 2 is 1.54 bits per heavy atom. The lowest BCUT2D eigenvalue weighted by Crippen LogP contribution is -2.30. The molecule has 0 radical (unpaired) electrons. The minimum atomic E-state index is -0.648. The van der Waals surface area contributed by atoms with Gasteiger partial charge in [-0.1, -0.05) is 18.2 Å². The van der Waals surface area contributed by atoms with E-state index in [2.05, 4.69) is 20.7 Å². The van der Waals surface area contributed by atoms with Crippen LogP contribution in [0.5, 0.6) is 5.75 Å². The van der Waals surface area contributed by atoms with Gasteiger partial charge < -0.3 is 15.4 Å². The van der Waals surface area contributed by atoms with Gasteiger partial charge in [-0.2, -0.15) is 5.10 Å². The highest BCUT2D eigenvalue weighted by atomic mass is 16.5. The first-order chi connectivity index (χ1) is 13.5. The SMILES string of the molecule is CC(Oc1ccccc1)C(=O)Nc1ccc(NC(=O)C(C)n2cncn2)cc1. The molecule has 0 aliphatic carbocycles. The molecule has 0 saturated carbocycles. The Morgan fingerprint density at radius 1 is 0.929 bits per heavy atom. The van der Waals surface area contributed by atoms with Crippen molar-refractivity contribution in [3.05, 3.63) is 67.3 Å². The van der Waals surface area contributed by atoms with Crippen molar-refractivity contribution in [3.63, 3.8) is 0 Å². The van der Waals surface area contributed by atoms with Gasteiger partial charge in [0.25, 0.3) is 5.91 Å². The molecule has 28 heavy (non-hydrogen) atoms. The van der Waals surface area contributed by atoms with E-state index < -0.39 is 12.1 Å². The predicted molar refractivity (Wildman–Crippen MR) is 105 cm³/mol. The number of ether oxygens (including phenoxy) is 1. The number of nitrogens with one attached hydrogen (secondary N) is 2. The van der Waals surface area contributed by atoms with E-state index in [1.165, 1.54) is 17.3 Å². The van der Waals surface area contributed by atoms with Gasteiger partial charge in [-0.25, -0.2) is 9.67 Å². The Bertz CT molecular complexity index is 911. The van der Waals surface area contributed by atoms with Crippen LogP contribution in [0.2, 0.25) is 0 Å². The van der Waals surface area contributed by atoms with Crippen LogP contribution in [0.1, 0.15) is 19.9 Å². The largest absolute Gasteiger partial charge is 0.481 e. The average Bonchev–Trinajstić information content (AvgIpc) is 3.24. The van der Waals surface area contributed by atoms with Crippen molar-refractivity contribution in [1.29, 1.82) is 0 Å². The van der Waals surface area contributed by atoms with Gasteiger partial charge in [0.05, 0.1) is 0 Å². The Balaban J connectivity index is 1.53. The summed E-state index contributed by atoms with van der Waals surface area (Å²) in [5.41, 5.74) is 1.22. The standard InChI is InChI=1S/C20H21N5O3/c1-14(25-13-21-12-22-25)19(26)23-16-8-10-17(11-9-16)24-20(27)15(2)28-18-6-4-3-5-7-18/h3-15H,1-2H3,(H,23,26)(H,24,27). The molecule has 1 aromatic heterocycles. The molecule has 8 heteroatoms. The smallest absolute Gasteiger partial charge is 0.265 e. The summed E-state index contributed by atoms with van der Waals surface area (Å²) in [7, 11) is 0. The molecule has 0 aliphatic rings. The molecule has 2 amide bonds. The predicted octanol–water partition coefficient (Wildman–Crippen LogP) is 2.88. The number of rotatable bonds is 7. The summed E-state index contributed by atoms with van der Waals surface area (Å²) in [4.78, 5) is 28.4. The molecular formula is C20H21N5O3. The van der Waals surface area contributed by atoms with E-state index in [1.807, 2.05) is 18.2 Å². The molecule has 3 aromatic rings. The normalized spacial score (nSPS) is 12.6. The molecule has 1 heterocycles. The van der Waals surface area contributed by atoms with Crippen molar-refractivity contribution in [1.82, 2.24) is 14.8 Å². The molecule has 0 bridgehead atoms. The highest BCUT2D eigenvalue weighted by Gasteiger charge is 2.16. The maximum atomic E-state index is 12.3. The maximum absolute atomic E-state index is 12.3. The minimum absolute atomic E-state index is 0.216. The zero-order valence-electron chi connectivity index (χ0n) is 15.6. The van der Waals surface area contributed by atoms with E-state index in [1.54, 1.807) is 50.2 Å². The second-order valence-corrected chi connectivity index (χ2v) is 6.18. The molecule has 0 saturated heterocycles. The zero-order chi connectivity index (χ0) is 19.9. The molecule has 2 aromatic carbocycles. The Kier molecular flexibility index (Phi) is 6.01. The van der Waals surface area contributed by atoms with Crippen molar-refractivity contribution in [2.24, 2.45) is 0 Å². The maximum Gasteiger partial charge on any atom is 0.265 e.